The van der Waals surface area contributed by atoms with Crippen LogP contribution < -0.4 is 10.9 Å². The van der Waals surface area contributed by atoms with Gasteiger partial charge < -0.3 is 5.32 Å². The van der Waals surface area contributed by atoms with Crippen molar-refractivity contribution in [3.8, 4) is 0 Å². The molecule has 0 bridgehead atoms. The van der Waals surface area contributed by atoms with Crippen molar-refractivity contribution < 1.29 is 9.18 Å². The predicted octanol–water partition coefficient (Wildman–Crippen LogP) is 2.28. The molecule has 2 aromatic carbocycles. The molecule has 1 heterocycles. The molecule has 1 amide bonds. The van der Waals surface area contributed by atoms with Gasteiger partial charge in [-0.1, -0.05) is 24.3 Å². The second kappa shape index (κ2) is 7.70. The monoisotopic (exact) mass is 339 g/mol. The van der Waals surface area contributed by atoms with Crippen LogP contribution in [-0.4, -0.2) is 22.0 Å². The fourth-order valence-electron chi connectivity index (χ4n) is 2.61. The standard InChI is InChI=1S/C19H18FN3O2/c20-15-5-3-4-14(12-15)8-10-21-18(24)9-11-23-13-22-17-7-2-1-6-16(17)19(23)25/h1-7,12-13H,8-11H2,(H,21,24). The molecule has 0 aliphatic heterocycles. The number of fused-ring (bicyclic) bond motifs is 1. The minimum absolute atomic E-state index is 0.154. The SMILES string of the molecule is O=C(CCn1cnc2ccccc2c1=O)NCCc1cccc(F)c1. The predicted molar refractivity (Wildman–Crippen MR) is 93.7 cm³/mol. The lowest BCUT2D eigenvalue weighted by molar-refractivity contribution is -0.121. The van der Waals surface area contributed by atoms with Crippen molar-refractivity contribution in [2.45, 2.75) is 19.4 Å². The summed E-state index contributed by atoms with van der Waals surface area (Å²) in [4.78, 5) is 28.5. The van der Waals surface area contributed by atoms with Crippen LogP contribution in [-0.2, 0) is 17.8 Å². The van der Waals surface area contributed by atoms with Crippen LogP contribution >= 0.6 is 0 Å². The molecule has 6 heteroatoms. The Kier molecular flexibility index (Phi) is 5.18. The van der Waals surface area contributed by atoms with Crippen LogP contribution in [0.3, 0.4) is 0 Å². The molecule has 0 atom stereocenters. The quantitative estimate of drug-likeness (QED) is 0.749. The zero-order valence-electron chi connectivity index (χ0n) is 13.6. The van der Waals surface area contributed by atoms with Crippen molar-refractivity contribution in [3.63, 3.8) is 0 Å². The topological polar surface area (TPSA) is 64.0 Å². The average Bonchev–Trinajstić information content (AvgIpc) is 2.61. The number of carbonyl (C=O) groups is 1. The van der Waals surface area contributed by atoms with Gasteiger partial charge in [0.1, 0.15) is 5.82 Å². The molecule has 0 aliphatic rings. The van der Waals surface area contributed by atoms with Crippen LogP contribution in [0.15, 0.2) is 59.7 Å². The number of para-hydroxylation sites is 1. The van der Waals surface area contributed by atoms with Gasteiger partial charge in [-0.25, -0.2) is 9.37 Å². The van der Waals surface area contributed by atoms with E-state index >= 15 is 0 Å². The van der Waals surface area contributed by atoms with Crippen LogP contribution in [0, 0.1) is 5.82 Å². The van der Waals surface area contributed by atoms with E-state index in [0.717, 1.165) is 5.56 Å². The fraction of sp³-hybridized carbons (Fsp3) is 0.211. The van der Waals surface area contributed by atoms with E-state index in [4.69, 9.17) is 0 Å². The van der Waals surface area contributed by atoms with Gasteiger partial charge in [0.15, 0.2) is 0 Å². The molecular formula is C19H18FN3O2. The minimum atomic E-state index is -0.285. The molecule has 0 saturated carbocycles. The Morgan fingerprint density at radius 1 is 1.16 bits per heavy atom. The van der Waals surface area contributed by atoms with Gasteiger partial charge in [-0.05, 0) is 36.2 Å². The maximum atomic E-state index is 13.1. The van der Waals surface area contributed by atoms with Crippen LogP contribution in [0.25, 0.3) is 10.9 Å². The van der Waals surface area contributed by atoms with E-state index in [0.29, 0.717) is 23.9 Å². The summed E-state index contributed by atoms with van der Waals surface area (Å²) in [6.07, 6.45) is 2.20. The number of nitrogens with one attached hydrogen (secondary N) is 1. The Hall–Kier alpha value is -3.02. The van der Waals surface area contributed by atoms with Crippen LogP contribution in [0.2, 0.25) is 0 Å². The summed E-state index contributed by atoms with van der Waals surface area (Å²) >= 11 is 0. The first-order valence-electron chi connectivity index (χ1n) is 8.09. The Morgan fingerprint density at radius 3 is 2.84 bits per heavy atom. The van der Waals surface area contributed by atoms with Crippen molar-refractivity contribution in [1.82, 2.24) is 14.9 Å². The number of rotatable bonds is 6. The molecule has 25 heavy (non-hydrogen) atoms. The third kappa shape index (κ3) is 4.29. The Morgan fingerprint density at radius 2 is 2.00 bits per heavy atom. The van der Waals surface area contributed by atoms with Gasteiger partial charge in [0, 0.05) is 19.5 Å². The van der Waals surface area contributed by atoms with E-state index in [9.17, 15) is 14.0 Å². The van der Waals surface area contributed by atoms with Gasteiger partial charge in [0.2, 0.25) is 5.91 Å². The van der Waals surface area contributed by atoms with Gasteiger partial charge >= 0.3 is 0 Å². The highest BCUT2D eigenvalue weighted by Crippen LogP contribution is 2.05. The number of benzene rings is 2. The molecule has 3 aromatic rings. The van der Waals surface area contributed by atoms with Crippen LogP contribution in [0.1, 0.15) is 12.0 Å². The molecule has 128 valence electrons. The molecule has 5 nitrogen and oxygen atoms in total. The molecule has 0 unspecified atom stereocenters. The summed E-state index contributed by atoms with van der Waals surface area (Å²) in [5.41, 5.74) is 1.32. The van der Waals surface area contributed by atoms with Crippen molar-refractivity contribution in [1.29, 1.82) is 0 Å². The number of carbonyl (C=O) groups excluding carboxylic acids is 1. The average molecular weight is 339 g/mol. The minimum Gasteiger partial charge on any atom is -0.356 e. The van der Waals surface area contributed by atoms with E-state index in [-0.39, 0.29) is 30.2 Å². The maximum absolute atomic E-state index is 13.1. The number of aryl methyl sites for hydroxylation is 1. The zero-order valence-corrected chi connectivity index (χ0v) is 13.6. The van der Waals surface area contributed by atoms with Gasteiger partial charge in [-0.3, -0.25) is 14.2 Å². The number of hydrogen-bond acceptors (Lipinski definition) is 3. The summed E-state index contributed by atoms with van der Waals surface area (Å²) in [6, 6.07) is 13.4. The summed E-state index contributed by atoms with van der Waals surface area (Å²) in [5, 5.41) is 3.32. The molecule has 3 rings (SSSR count). The number of aromatic nitrogens is 2. The second-order valence-corrected chi connectivity index (χ2v) is 5.74. The number of halogens is 1. The van der Waals surface area contributed by atoms with Crippen LogP contribution in [0.5, 0.6) is 0 Å². The highest BCUT2D eigenvalue weighted by atomic mass is 19.1. The maximum Gasteiger partial charge on any atom is 0.261 e. The molecule has 0 spiro atoms. The van der Waals surface area contributed by atoms with Crippen LogP contribution in [0.4, 0.5) is 4.39 Å². The van der Waals surface area contributed by atoms with Crippen molar-refractivity contribution in [2.24, 2.45) is 0 Å². The molecule has 0 aliphatic carbocycles. The number of nitrogens with zero attached hydrogens (tertiary/aromatic N) is 2. The van der Waals surface area contributed by atoms with E-state index in [2.05, 4.69) is 10.3 Å². The normalized spacial score (nSPS) is 10.8. The lowest BCUT2D eigenvalue weighted by Gasteiger charge is -2.08. The van der Waals surface area contributed by atoms with Gasteiger partial charge in [0.05, 0.1) is 17.2 Å². The Labute approximate surface area is 144 Å². The van der Waals surface area contributed by atoms with Gasteiger partial charge in [-0.15, -0.1) is 0 Å². The molecule has 0 saturated heterocycles. The summed E-state index contributed by atoms with van der Waals surface area (Å²) in [6.45, 7) is 0.690. The summed E-state index contributed by atoms with van der Waals surface area (Å²) in [7, 11) is 0. The summed E-state index contributed by atoms with van der Waals surface area (Å²) < 4.78 is 14.5. The lowest BCUT2D eigenvalue weighted by Crippen LogP contribution is -2.29. The van der Waals surface area contributed by atoms with Crippen molar-refractivity contribution in [3.05, 3.63) is 76.6 Å². The molecule has 0 fully saturated rings. The van der Waals surface area contributed by atoms with Gasteiger partial charge in [0.25, 0.3) is 5.56 Å². The Bertz CT molecular complexity index is 953. The van der Waals surface area contributed by atoms with Crippen molar-refractivity contribution in [2.75, 3.05) is 6.54 Å². The second-order valence-electron chi connectivity index (χ2n) is 5.74. The number of hydrogen-bond donors (Lipinski definition) is 1. The largest absolute Gasteiger partial charge is 0.356 e. The third-order valence-electron chi connectivity index (χ3n) is 3.94. The highest BCUT2D eigenvalue weighted by Gasteiger charge is 2.06. The lowest BCUT2D eigenvalue weighted by atomic mass is 10.1. The van der Waals surface area contributed by atoms with Gasteiger partial charge in [-0.2, -0.15) is 0 Å². The van der Waals surface area contributed by atoms with E-state index in [1.54, 1.807) is 24.3 Å². The zero-order chi connectivity index (χ0) is 17.6. The first-order chi connectivity index (χ1) is 12.1. The first kappa shape index (κ1) is 16.8. The first-order valence-corrected chi connectivity index (χ1v) is 8.09. The van der Waals surface area contributed by atoms with E-state index < -0.39 is 0 Å². The highest BCUT2D eigenvalue weighted by molar-refractivity contribution is 5.77. The molecule has 1 aromatic heterocycles. The van der Waals surface area contributed by atoms with E-state index in [1.807, 2.05) is 12.1 Å². The smallest absolute Gasteiger partial charge is 0.261 e. The third-order valence-corrected chi connectivity index (χ3v) is 3.94. The molecule has 1 N–H and O–H groups in total. The van der Waals surface area contributed by atoms with E-state index in [1.165, 1.54) is 23.0 Å². The Balaban J connectivity index is 1.52. The fourth-order valence-corrected chi connectivity index (χ4v) is 2.61. The number of amides is 1. The molecular weight excluding hydrogens is 321 g/mol. The van der Waals surface area contributed by atoms with Crippen molar-refractivity contribution >= 4 is 16.8 Å². The summed E-state index contributed by atoms with van der Waals surface area (Å²) in [5.74, 6) is -0.441. The molecule has 0 radical (unpaired) electrons.